The average Bonchev–Trinajstić information content (AvgIpc) is 2.53. The van der Waals surface area contributed by atoms with Crippen molar-refractivity contribution in [2.75, 3.05) is 0 Å². The third-order valence-corrected chi connectivity index (χ3v) is 5.28. The van der Waals surface area contributed by atoms with Crippen molar-refractivity contribution in [2.24, 2.45) is 5.92 Å². The lowest BCUT2D eigenvalue weighted by atomic mass is 9.74. The zero-order valence-corrected chi connectivity index (χ0v) is 11.1. The van der Waals surface area contributed by atoms with Crippen molar-refractivity contribution in [2.45, 2.75) is 50.6 Å². The fourth-order valence-electron chi connectivity index (χ4n) is 4.27. The van der Waals surface area contributed by atoms with Crippen LogP contribution < -0.4 is 5.32 Å². The molecule has 0 aromatic carbocycles. The second-order valence-electron chi connectivity index (χ2n) is 6.43. The molecule has 94 valence electrons. The Morgan fingerprint density at radius 1 is 1.28 bits per heavy atom. The molecule has 4 aliphatic rings. The molecule has 0 amide bonds. The molecule has 0 saturated carbocycles. The van der Waals surface area contributed by atoms with E-state index in [1.807, 2.05) is 0 Å². The van der Waals surface area contributed by atoms with Gasteiger partial charge in [-0.25, -0.2) is 0 Å². The van der Waals surface area contributed by atoms with Crippen molar-refractivity contribution in [3.05, 3.63) is 47.1 Å². The van der Waals surface area contributed by atoms with Crippen molar-refractivity contribution < 1.29 is 0 Å². The summed E-state index contributed by atoms with van der Waals surface area (Å²) >= 11 is 0. The Labute approximate surface area is 109 Å². The van der Waals surface area contributed by atoms with Crippen molar-refractivity contribution in [1.29, 1.82) is 0 Å². The molecule has 4 bridgehead atoms. The SMILES string of the molecule is CC12CCC3=C(C=C4C=CC=CC41)C(CCC3)N2. The van der Waals surface area contributed by atoms with Crippen LogP contribution in [-0.4, -0.2) is 11.6 Å². The van der Waals surface area contributed by atoms with Gasteiger partial charge in [0.25, 0.3) is 0 Å². The summed E-state index contributed by atoms with van der Waals surface area (Å²) in [5.74, 6) is 0.558. The number of rotatable bonds is 0. The van der Waals surface area contributed by atoms with Crippen molar-refractivity contribution in [3.8, 4) is 0 Å². The van der Waals surface area contributed by atoms with Gasteiger partial charge in [-0.15, -0.1) is 0 Å². The molecular weight excluding hydrogens is 218 g/mol. The highest BCUT2D eigenvalue weighted by atomic mass is 15.0. The number of fused-ring (bicyclic) bond motifs is 3. The first-order valence-electron chi connectivity index (χ1n) is 7.32. The van der Waals surface area contributed by atoms with Crippen LogP contribution in [-0.2, 0) is 0 Å². The summed E-state index contributed by atoms with van der Waals surface area (Å²) in [6, 6.07) is 0.612. The van der Waals surface area contributed by atoms with Gasteiger partial charge in [-0.2, -0.15) is 0 Å². The van der Waals surface area contributed by atoms with Crippen LogP contribution >= 0.6 is 0 Å². The highest BCUT2D eigenvalue weighted by molar-refractivity contribution is 5.48. The highest BCUT2D eigenvalue weighted by Crippen LogP contribution is 2.45. The highest BCUT2D eigenvalue weighted by Gasteiger charge is 2.42. The van der Waals surface area contributed by atoms with Crippen LogP contribution in [0.2, 0.25) is 0 Å². The lowest BCUT2D eigenvalue weighted by Gasteiger charge is -2.38. The monoisotopic (exact) mass is 239 g/mol. The summed E-state index contributed by atoms with van der Waals surface area (Å²) < 4.78 is 0. The first-order chi connectivity index (χ1) is 8.76. The molecule has 0 aromatic heterocycles. The third kappa shape index (κ3) is 1.43. The molecule has 1 heteroatoms. The van der Waals surface area contributed by atoms with Crippen LogP contribution in [0.25, 0.3) is 0 Å². The number of hydrogen-bond acceptors (Lipinski definition) is 1. The molecule has 2 aliphatic heterocycles. The predicted molar refractivity (Wildman–Crippen MR) is 75.3 cm³/mol. The standard InChI is InChI=1S/C17H21N/c1-17-10-9-12-6-4-8-16(18-17)14(12)11-13-5-2-3-7-15(13)17/h2-3,5,7,11,15-16,18H,4,6,8-10H2,1H3. The molecule has 18 heavy (non-hydrogen) atoms. The van der Waals surface area contributed by atoms with Crippen molar-refractivity contribution in [1.82, 2.24) is 5.32 Å². The lowest BCUT2D eigenvalue weighted by molar-refractivity contribution is 0.267. The topological polar surface area (TPSA) is 12.0 Å². The van der Waals surface area contributed by atoms with Crippen LogP contribution in [0.15, 0.2) is 47.1 Å². The Kier molecular flexibility index (Phi) is 2.23. The van der Waals surface area contributed by atoms with E-state index in [0.717, 1.165) is 0 Å². The zero-order chi connectivity index (χ0) is 12.2. The minimum absolute atomic E-state index is 0.242. The summed E-state index contributed by atoms with van der Waals surface area (Å²) in [7, 11) is 0. The Morgan fingerprint density at radius 2 is 2.22 bits per heavy atom. The smallest absolute Gasteiger partial charge is 0.0325 e. The summed E-state index contributed by atoms with van der Waals surface area (Å²) in [6.07, 6.45) is 18.2. The average molecular weight is 239 g/mol. The van der Waals surface area contributed by atoms with Gasteiger partial charge in [0.2, 0.25) is 0 Å². The summed E-state index contributed by atoms with van der Waals surface area (Å²) in [5.41, 5.74) is 5.12. The Bertz CT molecular complexity index is 506. The second kappa shape index (κ2) is 3.71. The van der Waals surface area contributed by atoms with E-state index < -0.39 is 0 Å². The quantitative estimate of drug-likeness (QED) is 0.680. The van der Waals surface area contributed by atoms with Gasteiger partial charge in [-0.05, 0) is 50.2 Å². The second-order valence-corrected chi connectivity index (χ2v) is 6.43. The van der Waals surface area contributed by atoms with E-state index in [0.29, 0.717) is 12.0 Å². The summed E-state index contributed by atoms with van der Waals surface area (Å²) in [6.45, 7) is 2.43. The molecule has 1 N–H and O–H groups in total. The summed E-state index contributed by atoms with van der Waals surface area (Å²) in [4.78, 5) is 0. The van der Waals surface area contributed by atoms with Gasteiger partial charge < -0.3 is 5.32 Å². The van der Waals surface area contributed by atoms with Crippen LogP contribution in [0.3, 0.4) is 0 Å². The summed E-state index contributed by atoms with van der Waals surface area (Å²) in [5, 5.41) is 3.99. The maximum absolute atomic E-state index is 3.99. The van der Waals surface area contributed by atoms with E-state index >= 15 is 0 Å². The Morgan fingerprint density at radius 3 is 3.17 bits per heavy atom. The number of hydrogen-bond donors (Lipinski definition) is 1. The maximum Gasteiger partial charge on any atom is 0.0325 e. The molecule has 1 nitrogen and oxygen atoms in total. The van der Waals surface area contributed by atoms with Crippen molar-refractivity contribution >= 4 is 0 Å². The molecule has 0 saturated heterocycles. The molecule has 0 aromatic rings. The molecule has 4 rings (SSSR count). The van der Waals surface area contributed by atoms with Gasteiger partial charge in [0.1, 0.15) is 0 Å². The van der Waals surface area contributed by atoms with E-state index in [-0.39, 0.29) is 5.54 Å². The lowest BCUT2D eigenvalue weighted by Crippen LogP contribution is -2.51. The van der Waals surface area contributed by atoms with Crippen LogP contribution in [0.5, 0.6) is 0 Å². The van der Waals surface area contributed by atoms with Crippen LogP contribution in [0, 0.1) is 5.92 Å². The Hall–Kier alpha value is -1.08. The zero-order valence-electron chi connectivity index (χ0n) is 11.1. The first-order valence-corrected chi connectivity index (χ1v) is 7.32. The van der Waals surface area contributed by atoms with Gasteiger partial charge in [0.15, 0.2) is 0 Å². The Balaban J connectivity index is 1.92. The molecular formula is C17H21N. The number of nitrogens with one attached hydrogen (secondary N) is 1. The van der Waals surface area contributed by atoms with Gasteiger partial charge in [0, 0.05) is 17.5 Å². The van der Waals surface area contributed by atoms with Gasteiger partial charge in [-0.3, -0.25) is 0 Å². The molecule has 2 aliphatic carbocycles. The van der Waals surface area contributed by atoms with E-state index in [2.05, 4.69) is 42.6 Å². The molecule has 2 heterocycles. The van der Waals surface area contributed by atoms with E-state index in [1.54, 1.807) is 11.1 Å². The predicted octanol–water partition coefficient (Wildman–Crippen LogP) is 3.66. The molecule has 3 unspecified atom stereocenters. The molecule has 0 spiro atoms. The van der Waals surface area contributed by atoms with Crippen molar-refractivity contribution in [3.63, 3.8) is 0 Å². The fraction of sp³-hybridized carbons (Fsp3) is 0.529. The fourth-order valence-corrected chi connectivity index (χ4v) is 4.27. The van der Waals surface area contributed by atoms with Gasteiger partial charge in [-0.1, -0.05) is 36.0 Å². The molecule has 0 fully saturated rings. The largest absolute Gasteiger partial charge is 0.304 e. The minimum Gasteiger partial charge on any atom is -0.304 e. The van der Waals surface area contributed by atoms with Gasteiger partial charge in [0.05, 0.1) is 0 Å². The van der Waals surface area contributed by atoms with Crippen LogP contribution in [0.4, 0.5) is 0 Å². The molecule has 0 radical (unpaired) electrons. The first kappa shape index (κ1) is 10.8. The maximum atomic E-state index is 3.99. The van der Waals surface area contributed by atoms with Gasteiger partial charge >= 0.3 is 0 Å². The van der Waals surface area contributed by atoms with E-state index in [4.69, 9.17) is 0 Å². The normalized spacial score (nSPS) is 41.3. The van der Waals surface area contributed by atoms with Crippen LogP contribution in [0.1, 0.15) is 39.0 Å². The number of allylic oxidation sites excluding steroid dienone is 4. The third-order valence-electron chi connectivity index (χ3n) is 5.28. The van der Waals surface area contributed by atoms with E-state index in [1.165, 1.54) is 37.7 Å². The minimum atomic E-state index is 0.242. The molecule has 3 atom stereocenters. The van der Waals surface area contributed by atoms with E-state index in [9.17, 15) is 0 Å².